The zero-order valence-corrected chi connectivity index (χ0v) is 11.8. The van der Waals surface area contributed by atoms with Gasteiger partial charge in [0.05, 0.1) is 12.8 Å². The predicted octanol–water partition coefficient (Wildman–Crippen LogP) is 4.35. The van der Waals surface area contributed by atoms with Gasteiger partial charge in [-0.05, 0) is 36.4 Å². The molecule has 0 aliphatic carbocycles. The minimum absolute atomic E-state index is 0.177. The van der Waals surface area contributed by atoms with Crippen molar-refractivity contribution in [2.75, 3.05) is 12.4 Å². The average molecular weight is 328 g/mol. The molecule has 5 heteroatoms. The maximum Gasteiger partial charge on any atom is 0.142 e. The fraction of sp³-hybridized carbons (Fsp3) is 0.143. The molecule has 0 atom stereocenters. The van der Waals surface area contributed by atoms with Crippen LogP contribution in [-0.2, 0) is 6.54 Å². The van der Waals surface area contributed by atoms with Gasteiger partial charge in [-0.3, -0.25) is 0 Å². The Labute approximate surface area is 118 Å². The molecule has 0 aliphatic heterocycles. The standard InChI is InChI=1S/C14H12BrF2NO/c1-19-14-5-2-10(15)7-13(14)18-8-9-6-11(16)3-4-12(9)17/h2-7,18H,8H2,1H3. The summed E-state index contributed by atoms with van der Waals surface area (Å²) in [5.74, 6) is -0.262. The van der Waals surface area contributed by atoms with Crippen molar-refractivity contribution in [2.45, 2.75) is 6.54 Å². The lowest BCUT2D eigenvalue weighted by Crippen LogP contribution is -2.03. The van der Waals surface area contributed by atoms with Gasteiger partial charge in [-0.15, -0.1) is 0 Å². The van der Waals surface area contributed by atoms with Crippen molar-refractivity contribution in [3.63, 3.8) is 0 Å². The molecule has 2 aromatic rings. The quantitative estimate of drug-likeness (QED) is 0.901. The van der Waals surface area contributed by atoms with Gasteiger partial charge in [0.15, 0.2) is 0 Å². The van der Waals surface area contributed by atoms with E-state index in [1.807, 2.05) is 12.1 Å². The molecule has 2 aromatic carbocycles. The van der Waals surface area contributed by atoms with Gasteiger partial charge in [-0.25, -0.2) is 8.78 Å². The molecule has 0 fully saturated rings. The largest absolute Gasteiger partial charge is 0.495 e. The molecule has 19 heavy (non-hydrogen) atoms. The molecule has 2 rings (SSSR count). The van der Waals surface area contributed by atoms with Crippen molar-refractivity contribution < 1.29 is 13.5 Å². The van der Waals surface area contributed by atoms with Crippen LogP contribution in [-0.4, -0.2) is 7.11 Å². The van der Waals surface area contributed by atoms with Crippen molar-refractivity contribution in [3.8, 4) is 5.75 Å². The smallest absolute Gasteiger partial charge is 0.142 e. The SMILES string of the molecule is COc1ccc(Br)cc1NCc1cc(F)ccc1F. The Kier molecular flexibility index (Phi) is 4.37. The molecule has 2 nitrogen and oxygen atoms in total. The lowest BCUT2D eigenvalue weighted by atomic mass is 10.2. The summed E-state index contributed by atoms with van der Waals surface area (Å²) in [7, 11) is 1.55. The second kappa shape index (κ2) is 6.02. The van der Waals surface area contributed by atoms with E-state index in [2.05, 4.69) is 21.2 Å². The molecule has 0 saturated heterocycles. The van der Waals surface area contributed by atoms with E-state index in [9.17, 15) is 8.78 Å². The number of ether oxygens (including phenoxy) is 1. The molecule has 0 saturated carbocycles. The summed E-state index contributed by atoms with van der Waals surface area (Å²) < 4.78 is 32.6. The first-order valence-electron chi connectivity index (χ1n) is 5.61. The van der Waals surface area contributed by atoms with Crippen LogP contribution in [0.2, 0.25) is 0 Å². The van der Waals surface area contributed by atoms with E-state index in [1.165, 1.54) is 6.07 Å². The van der Waals surface area contributed by atoms with Crippen molar-refractivity contribution in [2.24, 2.45) is 0 Å². The van der Waals surface area contributed by atoms with Crippen molar-refractivity contribution in [3.05, 3.63) is 58.1 Å². The summed E-state index contributed by atoms with van der Waals surface area (Å²) >= 11 is 3.35. The Hall–Kier alpha value is -1.62. The Morgan fingerprint density at radius 1 is 1.16 bits per heavy atom. The maximum atomic E-state index is 13.5. The maximum absolute atomic E-state index is 13.5. The Morgan fingerprint density at radius 3 is 2.68 bits per heavy atom. The van der Waals surface area contributed by atoms with Crippen LogP contribution < -0.4 is 10.1 Å². The molecule has 0 unspecified atom stereocenters. The first kappa shape index (κ1) is 13.8. The lowest BCUT2D eigenvalue weighted by Gasteiger charge is -2.12. The third-order valence-electron chi connectivity index (χ3n) is 2.64. The van der Waals surface area contributed by atoms with Crippen LogP contribution in [0.1, 0.15) is 5.56 Å². The Bertz CT molecular complexity index is 590. The molecule has 0 spiro atoms. The summed E-state index contributed by atoms with van der Waals surface area (Å²) in [5, 5.41) is 3.03. The van der Waals surface area contributed by atoms with E-state index >= 15 is 0 Å². The fourth-order valence-electron chi connectivity index (χ4n) is 1.69. The highest BCUT2D eigenvalue weighted by Crippen LogP contribution is 2.28. The molecule has 0 amide bonds. The van der Waals surface area contributed by atoms with Gasteiger partial charge in [0.25, 0.3) is 0 Å². The van der Waals surface area contributed by atoms with Crippen LogP contribution in [0.25, 0.3) is 0 Å². The van der Waals surface area contributed by atoms with E-state index in [-0.39, 0.29) is 12.1 Å². The van der Waals surface area contributed by atoms with Crippen LogP contribution in [0.15, 0.2) is 40.9 Å². The average Bonchev–Trinajstić information content (AvgIpc) is 2.40. The summed E-state index contributed by atoms with van der Waals surface area (Å²) in [4.78, 5) is 0. The monoisotopic (exact) mass is 327 g/mol. The number of anilines is 1. The zero-order chi connectivity index (χ0) is 13.8. The molecular weight excluding hydrogens is 316 g/mol. The van der Waals surface area contributed by atoms with Crippen molar-refractivity contribution in [1.82, 2.24) is 0 Å². The number of hydrogen-bond donors (Lipinski definition) is 1. The minimum Gasteiger partial charge on any atom is -0.495 e. The highest BCUT2D eigenvalue weighted by Gasteiger charge is 2.07. The van der Waals surface area contributed by atoms with E-state index in [0.29, 0.717) is 11.4 Å². The third kappa shape index (κ3) is 3.44. The fourth-order valence-corrected chi connectivity index (χ4v) is 2.05. The minimum atomic E-state index is -0.459. The summed E-state index contributed by atoms with van der Waals surface area (Å²) in [6.07, 6.45) is 0. The first-order chi connectivity index (χ1) is 9.10. The molecular formula is C14H12BrF2NO. The molecule has 0 aliphatic rings. The topological polar surface area (TPSA) is 21.3 Å². The molecule has 0 radical (unpaired) electrons. The summed E-state index contributed by atoms with van der Waals surface area (Å²) in [6.45, 7) is 0.177. The number of rotatable bonds is 4. The van der Waals surface area contributed by atoms with Gasteiger partial charge in [-0.2, -0.15) is 0 Å². The van der Waals surface area contributed by atoms with E-state index in [4.69, 9.17) is 4.74 Å². The number of methoxy groups -OCH3 is 1. The van der Waals surface area contributed by atoms with Gasteiger partial charge in [-0.1, -0.05) is 15.9 Å². The summed E-state index contributed by atoms with van der Waals surface area (Å²) in [6, 6.07) is 8.83. The number of benzene rings is 2. The van der Waals surface area contributed by atoms with Crippen LogP contribution in [0.4, 0.5) is 14.5 Å². The molecule has 0 aromatic heterocycles. The van der Waals surface area contributed by atoms with Crippen LogP contribution in [0.3, 0.4) is 0 Å². The first-order valence-corrected chi connectivity index (χ1v) is 6.41. The molecule has 100 valence electrons. The number of nitrogens with one attached hydrogen (secondary N) is 1. The predicted molar refractivity (Wildman–Crippen MR) is 74.4 cm³/mol. The molecule has 0 heterocycles. The zero-order valence-electron chi connectivity index (χ0n) is 10.2. The third-order valence-corrected chi connectivity index (χ3v) is 3.13. The van der Waals surface area contributed by atoms with Crippen molar-refractivity contribution >= 4 is 21.6 Å². The van der Waals surface area contributed by atoms with Gasteiger partial charge in [0.1, 0.15) is 17.4 Å². The van der Waals surface area contributed by atoms with Gasteiger partial charge >= 0.3 is 0 Å². The van der Waals surface area contributed by atoms with Gasteiger partial charge in [0, 0.05) is 16.6 Å². The second-order valence-corrected chi connectivity index (χ2v) is 4.85. The highest BCUT2D eigenvalue weighted by molar-refractivity contribution is 9.10. The Balaban J connectivity index is 2.18. The van der Waals surface area contributed by atoms with Crippen LogP contribution in [0.5, 0.6) is 5.75 Å². The second-order valence-electron chi connectivity index (χ2n) is 3.93. The lowest BCUT2D eigenvalue weighted by molar-refractivity contribution is 0.416. The van der Waals surface area contributed by atoms with Gasteiger partial charge in [0.2, 0.25) is 0 Å². The van der Waals surface area contributed by atoms with E-state index in [0.717, 1.165) is 16.6 Å². The Morgan fingerprint density at radius 2 is 1.95 bits per heavy atom. The van der Waals surface area contributed by atoms with E-state index < -0.39 is 11.6 Å². The number of halogens is 3. The summed E-state index contributed by atoms with van der Waals surface area (Å²) in [5.41, 5.74) is 0.975. The molecule has 0 bridgehead atoms. The normalized spacial score (nSPS) is 10.3. The molecule has 1 N–H and O–H groups in total. The number of hydrogen-bond acceptors (Lipinski definition) is 2. The van der Waals surface area contributed by atoms with Gasteiger partial charge < -0.3 is 10.1 Å². The van der Waals surface area contributed by atoms with Crippen LogP contribution >= 0.6 is 15.9 Å². The van der Waals surface area contributed by atoms with Crippen molar-refractivity contribution in [1.29, 1.82) is 0 Å². The highest BCUT2D eigenvalue weighted by atomic mass is 79.9. The van der Waals surface area contributed by atoms with Crippen LogP contribution in [0, 0.1) is 11.6 Å². The van der Waals surface area contributed by atoms with E-state index in [1.54, 1.807) is 13.2 Å².